The van der Waals surface area contributed by atoms with Gasteiger partial charge in [-0.25, -0.2) is 0 Å². The van der Waals surface area contributed by atoms with Crippen LogP contribution >= 0.6 is 11.6 Å². The number of halogens is 1. The molecule has 2 atom stereocenters. The van der Waals surface area contributed by atoms with E-state index in [2.05, 4.69) is 0 Å². The molecule has 0 spiro atoms. The molecule has 0 saturated heterocycles. The van der Waals surface area contributed by atoms with Crippen molar-refractivity contribution in [2.24, 2.45) is 11.7 Å². The first-order valence-corrected chi connectivity index (χ1v) is 5.20. The van der Waals surface area contributed by atoms with Gasteiger partial charge >= 0.3 is 0 Å². The first-order valence-electron chi connectivity index (χ1n) is 4.82. The minimum absolute atomic E-state index is 0.0567. The summed E-state index contributed by atoms with van der Waals surface area (Å²) in [6, 6.07) is 5.28. The minimum Gasteiger partial charge on any atom is -0.496 e. The van der Waals surface area contributed by atoms with E-state index in [0.29, 0.717) is 22.9 Å². The van der Waals surface area contributed by atoms with Crippen molar-refractivity contribution < 1.29 is 9.84 Å². The van der Waals surface area contributed by atoms with Gasteiger partial charge in [0.05, 0.1) is 18.2 Å². The van der Waals surface area contributed by atoms with Crippen molar-refractivity contribution in [2.75, 3.05) is 13.7 Å². The molecule has 0 amide bonds. The zero-order valence-electron chi connectivity index (χ0n) is 8.90. The Bertz CT molecular complexity index is 330. The smallest absolute Gasteiger partial charge is 0.126 e. The van der Waals surface area contributed by atoms with Crippen LogP contribution in [-0.2, 0) is 0 Å². The maximum absolute atomic E-state index is 10.0. The number of aliphatic hydroxyl groups excluding tert-OH is 1. The van der Waals surface area contributed by atoms with Crippen LogP contribution in [0.3, 0.4) is 0 Å². The second kappa shape index (κ2) is 5.35. The van der Waals surface area contributed by atoms with Crippen LogP contribution in [-0.4, -0.2) is 18.8 Å². The van der Waals surface area contributed by atoms with Gasteiger partial charge in [0.25, 0.3) is 0 Å². The summed E-state index contributed by atoms with van der Waals surface area (Å²) in [4.78, 5) is 0. The third kappa shape index (κ3) is 2.62. The normalized spacial score (nSPS) is 14.7. The van der Waals surface area contributed by atoms with Crippen molar-refractivity contribution in [3.05, 3.63) is 28.8 Å². The van der Waals surface area contributed by atoms with Crippen molar-refractivity contribution in [1.82, 2.24) is 0 Å². The lowest BCUT2D eigenvalue weighted by molar-refractivity contribution is 0.118. The first kappa shape index (κ1) is 12.3. The number of nitrogens with two attached hydrogens (primary N) is 1. The Kier molecular flexibility index (Phi) is 4.39. The molecule has 1 aromatic carbocycles. The van der Waals surface area contributed by atoms with E-state index in [9.17, 15) is 5.11 Å². The molecule has 0 aromatic heterocycles. The van der Waals surface area contributed by atoms with E-state index in [1.165, 1.54) is 0 Å². The lowest BCUT2D eigenvalue weighted by Gasteiger charge is -2.20. The number of rotatable bonds is 4. The molecule has 0 bridgehead atoms. The zero-order valence-corrected chi connectivity index (χ0v) is 9.66. The molecule has 3 nitrogen and oxygen atoms in total. The molecular weight excluding hydrogens is 214 g/mol. The van der Waals surface area contributed by atoms with Gasteiger partial charge in [0.2, 0.25) is 0 Å². The highest BCUT2D eigenvalue weighted by Gasteiger charge is 2.21. The van der Waals surface area contributed by atoms with Crippen LogP contribution in [0.15, 0.2) is 18.2 Å². The Morgan fingerprint density at radius 3 is 2.73 bits per heavy atom. The molecule has 0 heterocycles. The molecule has 3 N–H and O–H groups in total. The second-order valence-corrected chi connectivity index (χ2v) is 3.92. The Hall–Kier alpha value is -0.770. The van der Waals surface area contributed by atoms with E-state index >= 15 is 0 Å². The van der Waals surface area contributed by atoms with E-state index in [-0.39, 0.29) is 5.92 Å². The molecule has 84 valence electrons. The van der Waals surface area contributed by atoms with Gasteiger partial charge in [-0.3, -0.25) is 0 Å². The fourth-order valence-corrected chi connectivity index (χ4v) is 1.67. The van der Waals surface area contributed by atoms with Crippen LogP contribution in [0, 0.1) is 5.92 Å². The summed E-state index contributed by atoms with van der Waals surface area (Å²) in [5.41, 5.74) is 6.12. The van der Waals surface area contributed by atoms with Gasteiger partial charge in [-0.1, -0.05) is 24.6 Å². The summed E-state index contributed by atoms with van der Waals surface area (Å²) in [6.45, 7) is 2.27. The molecule has 1 rings (SSSR count). The lowest BCUT2D eigenvalue weighted by atomic mass is 9.97. The molecule has 0 radical (unpaired) electrons. The van der Waals surface area contributed by atoms with Crippen molar-refractivity contribution in [1.29, 1.82) is 0 Å². The third-order valence-electron chi connectivity index (χ3n) is 2.44. The van der Waals surface area contributed by atoms with Crippen LogP contribution in [0.5, 0.6) is 5.75 Å². The first-order chi connectivity index (χ1) is 7.11. The van der Waals surface area contributed by atoms with Gasteiger partial charge in [0.15, 0.2) is 0 Å². The highest BCUT2D eigenvalue weighted by molar-refractivity contribution is 6.31. The minimum atomic E-state index is -0.696. The molecule has 0 aliphatic rings. The summed E-state index contributed by atoms with van der Waals surface area (Å²) in [5, 5.41) is 10.5. The third-order valence-corrected chi connectivity index (χ3v) is 2.77. The number of methoxy groups -OCH3 is 1. The maximum atomic E-state index is 10.0. The Balaban J connectivity index is 3.10. The average molecular weight is 230 g/mol. The highest BCUT2D eigenvalue weighted by atomic mass is 35.5. The van der Waals surface area contributed by atoms with Gasteiger partial charge in [-0.15, -0.1) is 0 Å². The zero-order chi connectivity index (χ0) is 11.4. The van der Waals surface area contributed by atoms with Crippen LogP contribution < -0.4 is 10.5 Å². The van der Waals surface area contributed by atoms with Gasteiger partial charge in [-0.05, 0) is 24.6 Å². The molecule has 4 heteroatoms. The fourth-order valence-electron chi connectivity index (χ4n) is 1.40. The molecule has 1 aromatic rings. The SMILES string of the molecule is COc1cccc(Cl)c1C(O)C(C)CN. The van der Waals surface area contributed by atoms with E-state index in [1.807, 2.05) is 6.92 Å². The van der Waals surface area contributed by atoms with E-state index in [0.717, 1.165) is 0 Å². The number of benzene rings is 1. The van der Waals surface area contributed by atoms with Crippen molar-refractivity contribution in [2.45, 2.75) is 13.0 Å². The van der Waals surface area contributed by atoms with Crippen LogP contribution in [0.4, 0.5) is 0 Å². The predicted molar refractivity (Wildman–Crippen MR) is 61.2 cm³/mol. The number of ether oxygens (including phenoxy) is 1. The largest absolute Gasteiger partial charge is 0.496 e. The standard InChI is InChI=1S/C11H16ClNO2/c1-7(6-13)11(14)10-8(12)4-3-5-9(10)15-2/h3-5,7,11,14H,6,13H2,1-2H3. The molecular formula is C11H16ClNO2. The Morgan fingerprint density at radius 2 is 2.20 bits per heavy atom. The molecule has 0 aliphatic heterocycles. The molecule has 15 heavy (non-hydrogen) atoms. The molecule has 2 unspecified atom stereocenters. The van der Waals surface area contributed by atoms with Gasteiger partial charge in [0, 0.05) is 5.56 Å². The van der Waals surface area contributed by atoms with Gasteiger partial charge in [0.1, 0.15) is 5.75 Å². The van der Waals surface area contributed by atoms with E-state index < -0.39 is 6.10 Å². The quantitative estimate of drug-likeness (QED) is 0.830. The van der Waals surface area contributed by atoms with Crippen LogP contribution in [0.2, 0.25) is 5.02 Å². The predicted octanol–water partition coefficient (Wildman–Crippen LogP) is 1.98. The highest BCUT2D eigenvalue weighted by Crippen LogP contribution is 2.35. The summed E-state index contributed by atoms with van der Waals surface area (Å²) < 4.78 is 5.16. The molecule has 0 saturated carbocycles. The fraction of sp³-hybridized carbons (Fsp3) is 0.455. The Labute approximate surface area is 94.8 Å². The molecule has 0 aliphatic carbocycles. The second-order valence-electron chi connectivity index (χ2n) is 3.51. The number of hydrogen-bond acceptors (Lipinski definition) is 3. The van der Waals surface area contributed by atoms with E-state index in [4.69, 9.17) is 22.1 Å². The average Bonchev–Trinajstić information content (AvgIpc) is 2.26. The maximum Gasteiger partial charge on any atom is 0.126 e. The van der Waals surface area contributed by atoms with Gasteiger partial charge in [-0.2, -0.15) is 0 Å². The number of aliphatic hydroxyl groups is 1. The van der Waals surface area contributed by atoms with Crippen molar-refractivity contribution >= 4 is 11.6 Å². The summed E-state index contributed by atoms with van der Waals surface area (Å²) in [6.07, 6.45) is -0.696. The summed E-state index contributed by atoms with van der Waals surface area (Å²) >= 11 is 6.02. The van der Waals surface area contributed by atoms with Crippen LogP contribution in [0.25, 0.3) is 0 Å². The molecule has 0 fully saturated rings. The van der Waals surface area contributed by atoms with Gasteiger partial charge < -0.3 is 15.6 Å². The monoisotopic (exact) mass is 229 g/mol. The van der Waals surface area contributed by atoms with Crippen LogP contribution in [0.1, 0.15) is 18.6 Å². The summed E-state index contributed by atoms with van der Waals surface area (Å²) in [5.74, 6) is 0.536. The topological polar surface area (TPSA) is 55.5 Å². The number of hydrogen-bond donors (Lipinski definition) is 2. The lowest BCUT2D eigenvalue weighted by Crippen LogP contribution is -2.19. The van der Waals surface area contributed by atoms with Crippen molar-refractivity contribution in [3.63, 3.8) is 0 Å². The Morgan fingerprint density at radius 1 is 1.53 bits per heavy atom. The summed E-state index contributed by atoms with van der Waals surface area (Å²) in [7, 11) is 1.55. The van der Waals surface area contributed by atoms with Crippen molar-refractivity contribution in [3.8, 4) is 5.75 Å². The van der Waals surface area contributed by atoms with E-state index in [1.54, 1.807) is 25.3 Å².